The molecule has 9 rings (SSSR count). The van der Waals surface area contributed by atoms with Gasteiger partial charge in [-0.05, 0) is 109 Å². The van der Waals surface area contributed by atoms with Crippen molar-refractivity contribution in [1.82, 2.24) is 0 Å². The molecule has 2 heterocycles. The van der Waals surface area contributed by atoms with Crippen LogP contribution in [0.2, 0.25) is 0 Å². The fourth-order valence-corrected chi connectivity index (χ4v) is 9.06. The van der Waals surface area contributed by atoms with Crippen LogP contribution in [0.3, 0.4) is 0 Å². The van der Waals surface area contributed by atoms with Crippen LogP contribution in [-0.4, -0.2) is 0 Å². The van der Waals surface area contributed by atoms with E-state index in [4.69, 9.17) is 0 Å². The quantitative estimate of drug-likeness (QED) is 0.165. The highest BCUT2D eigenvalue weighted by Crippen LogP contribution is 2.46. The third-order valence-corrected chi connectivity index (χ3v) is 11.6. The van der Waals surface area contributed by atoms with E-state index in [2.05, 4.69) is 171 Å². The van der Waals surface area contributed by atoms with E-state index < -0.39 is 0 Å². The summed E-state index contributed by atoms with van der Waals surface area (Å²) in [6, 6.07) is 60.3. The topological polar surface area (TPSA) is 0 Å². The minimum Gasteiger partial charge on any atom is -0.134 e. The summed E-state index contributed by atoms with van der Waals surface area (Å²) >= 11 is 3.73. The molecule has 7 aromatic carbocycles. The maximum absolute atomic E-state index is 2.38. The number of aryl methyl sites for hydroxylation is 1. The van der Waals surface area contributed by atoms with E-state index in [0.717, 1.165) is 0 Å². The molecule has 0 spiro atoms. The molecule has 2 aromatic heterocycles. The monoisotopic (exact) mass is 634 g/mol. The van der Waals surface area contributed by atoms with Crippen LogP contribution >= 0.6 is 22.7 Å². The second kappa shape index (κ2) is 11.5. The highest BCUT2D eigenvalue weighted by molar-refractivity contribution is 7.25. The molecule has 0 amide bonds. The zero-order valence-electron chi connectivity index (χ0n) is 25.9. The van der Waals surface area contributed by atoms with Crippen molar-refractivity contribution in [2.45, 2.75) is 6.92 Å². The van der Waals surface area contributed by atoms with Crippen molar-refractivity contribution in [3.05, 3.63) is 169 Å². The smallest absolute Gasteiger partial charge is 0.0449 e. The molecule has 9 aromatic rings. The summed E-state index contributed by atoms with van der Waals surface area (Å²) in [6.07, 6.45) is 0. The molecule has 0 aliphatic rings. The Morgan fingerprint density at radius 2 is 0.787 bits per heavy atom. The molecule has 0 nitrogen and oxygen atoms in total. The maximum atomic E-state index is 2.38. The average molecular weight is 635 g/mol. The van der Waals surface area contributed by atoms with Crippen molar-refractivity contribution in [3.63, 3.8) is 0 Å². The Labute approximate surface area is 282 Å². The molecule has 0 unspecified atom stereocenters. The van der Waals surface area contributed by atoms with Gasteiger partial charge in [0.25, 0.3) is 0 Å². The Morgan fingerprint density at radius 3 is 1.43 bits per heavy atom. The van der Waals surface area contributed by atoms with Crippen molar-refractivity contribution in [1.29, 1.82) is 0 Å². The van der Waals surface area contributed by atoms with Gasteiger partial charge in [-0.2, -0.15) is 0 Å². The number of hydrogen-bond donors (Lipinski definition) is 0. The lowest BCUT2D eigenvalue weighted by Crippen LogP contribution is -1.91. The van der Waals surface area contributed by atoms with Crippen LogP contribution in [0.5, 0.6) is 0 Å². The van der Waals surface area contributed by atoms with E-state index in [0.29, 0.717) is 0 Å². The average Bonchev–Trinajstić information content (AvgIpc) is 3.82. The zero-order chi connectivity index (χ0) is 31.3. The van der Waals surface area contributed by atoms with Crippen LogP contribution in [0.1, 0.15) is 5.56 Å². The molecular weight excluding hydrogens is 605 g/mol. The first-order valence-electron chi connectivity index (χ1n) is 16.0. The van der Waals surface area contributed by atoms with Crippen molar-refractivity contribution in [2.24, 2.45) is 0 Å². The predicted molar refractivity (Wildman–Crippen MR) is 207 cm³/mol. The summed E-state index contributed by atoms with van der Waals surface area (Å²) in [5.74, 6) is 0. The Morgan fingerprint density at radius 1 is 0.319 bits per heavy atom. The summed E-state index contributed by atoms with van der Waals surface area (Å²) in [4.78, 5) is 5.21. The van der Waals surface area contributed by atoms with Gasteiger partial charge in [0.2, 0.25) is 0 Å². The second-order valence-corrected chi connectivity index (χ2v) is 14.3. The van der Waals surface area contributed by atoms with Gasteiger partial charge in [-0.15, -0.1) is 22.7 Å². The van der Waals surface area contributed by atoms with Crippen LogP contribution in [0, 0.1) is 6.92 Å². The van der Waals surface area contributed by atoms with E-state index in [9.17, 15) is 0 Å². The van der Waals surface area contributed by atoms with Gasteiger partial charge >= 0.3 is 0 Å². The van der Waals surface area contributed by atoms with Gasteiger partial charge in [-0.25, -0.2) is 0 Å². The van der Waals surface area contributed by atoms with E-state index >= 15 is 0 Å². The van der Waals surface area contributed by atoms with E-state index in [1.807, 2.05) is 22.7 Å². The normalized spacial score (nSPS) is 11.5. The molecule has 0 aliphatic heterocycles. The summed E-state index contributed by atoms with van der Waals surface area (Å²) < 4.78 is 0. The van der Waals surface area contributed by atoms with Crippen LogP contribution < -0.4 is 0 Å². The largest absolute Gasteiger partial charge is 0.134 e. The molecule has 0 aliphatic carbocycles. The highest BCUT2D eigenvalue weighted by Gasteiger charge is 2.17. The first kappa shape index (κ1) is 28.0. The number of thiophene rings is 2. The third kappa shape index (κ3) is 4.98. The summed E-state index contributed by atoms with van der Waals surface area (Å²) in [7, 11) is 0. The third-order valence-electron chi connectivity index (χ3n) is 9.16. The first-order valence-corrected chi connectivity index (χ1v) is 17.6. The molecule has 0 saturated heterocycles. The lowest BCUT2D eigenvalue weighted by Gasteiger charge is -2.18. The minimum absolute atomic E-state index is 1.24. The minimum atomic E-state index is 1.24. The number of fused-ring (bicyclic) bond motifs is 3. The van der Waals surface area contributed by atoms with Gasteiger partial charge in [0.15, 0.2) is 0 Å². The van der Waals surface area contributed by atoms with Crippen molar-refractivity contribution < 1.29 is 0 Å². The van der Waals surface area contributed by atoms with Crippen LogP contribution in [0.15, 0.2) is 164 Å². The fraction of sp³-hybridized carbons (Fsp3) is 0.0222. The molecule has 0 fully saturated rings. The number of benzene rings is 7. The van der Waals surface area contributed by atoms with Crippen molar-refractivity contribution in [2.75, 3.05) is 0 Å². The first-order chi connectivity index (χ1) is 23.2. The molecule has 0 N–H and O–H groups in total. The van der Waals surface area contributed by atoms with Gasteiger partial charge in [0.05, 0.1) is 0 Å². The SMILES string of the molecule is Cc1ccc2cc(-c3c4ccccc4c(-c4cccc(-c5ccc(-c6ccc(-c7ccccc7)s6)s5)c4)c4ccccc34)ccc2c1. The van der Waals surface area contributed by atoms with Gasteiger partial charge in [-0.1, -0.05) is 133 Å². The Balaban J connectivity index is 1.17. The molecule has 47 heavy (non-hydrogen) atoms. The van der Waals surface area contributed by atoms with Gasteiger partial charge in [0, 0.05) is 19.5 Å². The highest BCUT2D eigenvalue weighted by atomic mass is 32.1. The fourth-order valence-electron chi connectivity index (χ4n) is 6.95. The summed E-state index contributed by atoms with van der Waals surface area (Å²) in [5.41, 5.74) is 8.90. The van der Waals surface area contributed by atoms with Crippen LogP contribution in [0.4, 0.5) is 0 Å². The molecule has 0 bridgehead atoms. The van der Waals surface area contributed by atoms with Crippen molar-refractivity contribution in [3.8, 4) is 52.9 Å². The summed E-state index contributed by atoms with van der Waals surface area (Å²) in [5, 5.41) is 7.67. The van der Waals surface area contributed by atoms with Gasteiger partial charge in [0.1, 0.15) is 0 Å². The maximum Gasteiger partial charge on any atom is 0.0449 e. The molecule has 0 radical (unpaired) electrons. The van der Waals surface area contributed by atoms with E-state index in [1.165, 1.54) is 90.8 Å². The summed E-state index contributed by atoms with van der Waals surface area (Å²) in [6.45, 7) is 2.16. The molecule has 0 saturated carbocycles. The lowest BCUT2D eigenvalue weighted by molar-refractivity contribution is 1.51. The molecule has 0 atom stereocenters. The molecular formula is C45H30S2. The van der Waals surface area contributed by atoms with Gasteiger partial charge < -0.3 is 0 Å². The van der Waals surface area contributed by atoms with E-state index in [1.54, 1.807) is 0 Å². The predicted octanol–water partition coefficient (Wildman–Crippen LogP) is 13.9. The lowest BCUT2D eigenvalue weighted by atomic mass is 9.85. The second-order valence-electron chi connectivity index (χ2n) is 12.2. The molecule has 2 heteroatoms. The van der Waals surface area contributed by atoms with Crippen LogP contribution in [0.25, 0.3) is 85.2 Å². The number of hydrogen-bond acceptors (Lipinski definition) is 2. The van der Waals surface area contributed by atoms with E-state index in [-0.39, 0.29) is 0 Å². The zero-order valence-corrected chi connectivity index (χ0v) is 27.5. The van der Waals surface area contributed by atoms with Crippen molar-refractivity contribution >= 4 is 55.0 Å². The standard InChI is InChI=1S/C45H30S2/c1-29-18-19-32-27-35(21-20-31(32)26-29)45-38-16-7-5-14-36(38)44(37-15-6-8-17-39(37)45)34-13-9-12-33(28-34)41-23-25-43(47-41)42-24-22-40(46-42)30-10-3-2-4-11-30/h2-28H,1H3. The number of rotatable bonds is 5. The Hall–Kier alpha value is -5.28. The Bertz CT molecular complexity index is 2530. The Kier molecular flexibility index (Phi) is 6.85. The van der Waals surface area contributed by atoms with Crippen LogP contribution in [-0.2, 0) is 0 Å². The molecule has 222 valence electrons. The van der Waals surface area contributed by atoms with Gasteiger partial charge in [-0.3, -0.25) is 0 Å².